The van der Waals surface area contributed by atoms with Gasteiger partial charge in [-0.25, -0.2) is 0 Å². The van der Waals surface area contributed by atoms with Crippen LogP contribution in [0.4, 0.5) is 0 Å². The Bertz CT molecular complexity index is 413. The molecule has 0 radical (unpaired) electrons. The molecule has 0 aliphatic heterocycles. The van der Waals surface area contributed by atoms with E-state index < -0.39 is 0 Å². The zero-order chi connectivity index (χ0) is 13.3. The molecular weight excluding hydrogens is 234 g/mol. The molecule has 2 aliphatic carbocycles. The summed E-state index contributed by atoms with van der Waals surface area (Å²) in [5.41, 5.74) is 1.84. The van der Waals surface area contributed by atoms with Crippen LogP contribution in [-0.2, 0) is 4.74 Å². The Morgan fingerprint density at radius 1 is 1.32 bits per heavy atom. The summed E-state index contributed by atoms with van der Waals surface area (Å²) in [5, 5.41) is 3.83. The van der Waals surface area contributed by atoms with Crippen LogP contribution in [0.3, 0.4) is 0 Å². The standard InChI is InChI=1S/C17H25NO/c1-3-19-16-12-15(17(16)10-7-11-17)18-13(2)14-8-5-4-6-9-14/h4-6,8-9,13,15-16,18H,3,7,10-12H2,1-2H3. The molecule has 1 aromatic rings. The molecule has 1 N–H and O–H groups in total. The summed E-state index contributed by atoms with van der Waals surface area (Å²) in [6.45, 7) is 5.24. The molecule has 0 amide bonds. The van der Waals surface area contributed by atoms with Crippen LogP contribution in [0.1, 0.15) is 51.1 Å². The molecular formula is C17H25NO. The minimum atomic E-state index is 0.436. The van der Waals surface area contributed by atoms with Gasteiger partial charge in [0.25, 0.3) is 0 Å². The first kappa shape index (κ1) is 13.1. The minimum Gasteiger partial charge on any atom is -0.378 e. The van der Waals surface area contributed by atoms with E-state index in [1.165, 1.54) is 31.2 Å². The summed E-state index contributed by atoms with van der Waals surface area (Å²) in [5.74, 6) is 0. The maximum atomic E-state index is 5.91. The average Bonchev–Trinajstić information content (AvgIpc) is 2.36. The second-order valence-electron chi connectivity index (χ2n) is 6.12. The van der Waals surface area contributed by atoms with E-state index in [4.69, 9.17) is 4.74 Å². The molecule has 0 heterocycles. The average molecular weight is 259 g/mol. The second kappa shape index (κ2) is 5.26. The van der Waals surface area contributed by atoms with E-state index in [-0.39, 0.29) is 0 Å². The summed E-state index contributed by atoms with van der Waals surface area (Å²) in [6, 6.07) is 11.8. The summed E-state index contributed by atoms with van der Waals surface area (Å²) < 4.78 is 5.91. The van der Waals surface area contributed by atoms with Gasteiger partial charge in [0, 0.05) is 24.1 Å². The molecule has 2 fully saturated rings. The fourth-order valence-electron chi connectivity index (χ4n) is 3.81. The van der Waals surface area contributed by atoms with Crippen molar-refractivity contribution in [3.8, 4) is 0 Å². The number of hydrogen-bond donors (Lipinski definition) is 1. The van der Waals surface area contributed by atoms with E-state index in [0.717, 1.165) is 6.61 Å². The minimum absolute atomic E-state index is 0.436. The monoisotopic (exact) mass is 259 g/mol. The normalized spacial score (nSPS) is 29.6. The largest absolute Gasteiger partial charge is 0.378 e. The molecule has 2 saturated carbocycles. The molecule has 2 aliphatic rings. The van der Waals surface area contributed by atoms with E-state index in [1.807, 2.05) is 0 Å². The maximum absolute atomic E-state index is 5.91. The van der Waals surface area contributed by atoms with E-state index in [0.29, 0.717) is 23.6 Å². The van der Waals surface area contributed by atoms with Crippen molar-refractivity contribution in [2.45, 2.75) is 57.7 Å². The van der Waals surface area contributed by atoms with Gasteiger partial charge in [0.05, 0.1) is 6.10 Å². The molecule has 1 aromatic carbocycles. The predicted octanol–water partition coefficient (Wildman–Crippen LogP) is 3.68. The van der Waals surface area contributed by atoms with Crippen molar-refractivity contribution >= 4 is 0 Å². The quantitative estimate of drug-likeness (QED) is 0.871. The van der Waals surface area contributed by atoms with Gasteiger partial charge in [0.15, 0.2) is 0 Å². The second-order valence-corrected chi connectivity index (χ2v) is 6.12. The molecule has 0 saturated heterocycles. The third-order valence-corrected chi connectivity index (χ3v) is 5.19. The van der Waals surface area contributed by atoms with Crippen LogP contribution in [0.25, 0.3) is 0 Å². The third kappa shape index (κ3) is 2.21. The highest BCUT2D eigenvalue weighted by molar-refractivity contribution is 5.20. The molecule has 19 heavy (non-hydrogen) atoms. The van der Waals surface area contributed by atoms with Gasteiger partial charge in [0.1, 0.15) is 0 Å². The highest BCUT2D eigenvalue weighted by Crippen LogP contribution is 2.57. The fraction of sp³-hybridized carbons (Fsp3) is 0.647. The molecule has 2 heteroatoms. The van der Waals surface area contributed by atoms with Crippen LogP contribution >= 0.6 is 0 Å². The molecule has 3 unspecified atom stereocenters. The number of hydrogen-bond acceptors (Lipinski definition) is 2. The third-order valence-electron chi connectivity index (χ3n) is 5.19. The van der Waals surface area contributed by atoms with Gasteiger partial charge in [-0.15, -0.1) is 0 Å². The lowest BCUT2D eigenvalue weighted by atomic mass is 9.51. The van der Waals surface area contributed by atoms with E-state index in [2.05, 4.69) is 49.5 Å². The van der Waals surface area contributed by atoms with Crippen LogP contribution in [0.2, 0.25) is 0 Å². The van der Waals surface area contributed by atoms with E-state index in [1.54, 1.807) is 0 Å². The van der Waals surface area contributed by atoms with Gasteiger partial charge in [-0.2, -0.15) is 0 Å². The number of rotatable bonds is 5. The smallest absolute Gasteiger partial charge is 0.0661 e. The molecule has 2 nitrogen and oxygen atoms in total. The predicted molar refractivity (Wildman–Crippen MR) is 78.1 cm³/mol. The van der Waals surface area contributed by atoms with Gasteiger partial charge < -0.3 is 10.1 Å². The van der Waals surface area contributed by atoms with Gasteiger partial charge >= 0.3 is 0 Å². The zero-order valence-electron chi connectivity index (χ0n) is 12.1. The number of nitrogens with one attached hydrogen (secondary N) is 1. The summed E-state index contributed by atoms with van der Waals surface area (Å²) in [6.07, 6.45) is 5.76. The Morgan fingerprint density at radius 3 is 2.63 bits per heavy atom. The topological polar surface area (TPSA) is 21.3 Å². The Hall–Kier alpha value is -0.860. The van der Waals surface area contributed by atoms with Crippen molar-refractivity contribution in [1.29, 1.82) is 0 Å². The molecule has 0 bridgehead atoms. The lowest BCUT2D eigenvalue weighted by Crippen LogP contribution is -2.67. The molecule has 0 aromatic heterocycles. The van der Waals surface area contributed by atoms with Crippen molar-refractivity contribution in [3.05, 3.63) is 35.9 Å². The van der Waals surface area contributed by atoms with Crippen LogP contribution < -0.4 is 5.32 Å². The van der Waals surface area contributed by atoms with Crippen molar-refractivity contribution in [2.75, 3.05) is 6.61 Å². The Morgan fingerprint density at radius 2 is 2.05 bits per heavy atom. The van der Waals surface area contributed by atoms with Crippen LogP contribution in [0, 0.1) is 5.41 Å². The Kier molecular flexibility index (Phi) is 3.64. The number of ether oxygens (including phenoxy) is 1. The summed E-state index contributed by atoms with van der Waals surface area (Å²) in [7, 11) is 0. The van der Waals surface area contributed by atoms with Gasteiger partial charge in [-0.05, 0) is 38.7 Å². The van der Waals surface area contributed by atoms with Gasteiger partial charge in [0.2, 0.25) is 0 Å². The Balaban J connectivity index is 1.62. The first-order valence-corrected chi connectivity index (χ1v) is 7.69. The fourth-order valence-corrected chi connectivity index (χ4v) is 3.81. The SMILES string of the molecule is CCOC1CC(NC(C)c2ccccc2)C12CCC2. The zero-order valence-corrected chi connectivity index (χ0v) is 12.1. The highest BCUT2D eigenvalue weighted by Gasteiger charge is 2.58. The first-order chi connectivity index (χ1) is 9.26. The molecule has 104 valence electrons. The number of benzene rings is 1. The van der Waals surface area contributed by atoms with Crippen molar-refractivity contribution < 1.29 is 4.74 Å². The van der Waals surface area contributed by atoms with Crippen LogP contribution in [0.15, 0.2) is 30.3 Å². The van der Waals surface area contributed by atoms with E-state index in [9.17, 15) is 0 Å². The molecule has 3 rings (SSSR count). The van der Waals surface area contributed by atoms with Crippen LogP contribution in [-0.4, -0.2) is 18.8 Å². The summed E-state index contributed by atoms with van der Waals surface area (Å²) >= 11 is 0. The van der Waals surface area contributed by atoms with Crippen molar-refractivity contribution in [2.24, 2.45) is 5.41 Å². The lowest BCUT2D eigenvalue weighted by molar-refractivity contribution is -0.174. The van der Waals surface area contributed by atoms with Crippen molar-refractivity contribution in [1.82, 2.24) is 5.32 Å². The first-order valence-electron chi connectivity index (χ1n) is 7.69. The highest BCUT2D eigenvalue weighted by atomic mass is 16.5. The van der Waals surface area contributed by atoms with Crippen LogP contribution in [0.5, 0.6) is 0 Å². The lowest BCUT2D eigenvalue weighted by Gasteiger charge is -2.61. The van der Waals surface area contributed by atoms with Gasteiger partial charge in [-0.1, -0.05) is 36.8 Å². The van der Waals surface area contributed by atoms with E-state index >= 15 is 0 Å². The molecule has 3 atom stereocenters. The van der Waals surface area contributed by atoms with Gasteiger partial charge in [-0.3, -0.25) is 0 Å². The maximum Gasteiger partial charge on any atom is 0.0661 e. The molecule has 1 spiro atoms. The van der Waals surface area contributed by atoms with Crippen molar-refractivity contribution in [3.63, 3.8) is 0 Å². The Labute approximate surface area is 116 Å². The summed E-state index contributed by atoms with van der Waals surface area (Å²) in [4.78, 5) is 0.